The second-order valence-electron chi connectivity index (χ2n) is 5.65. The number of carbonyl (C=O) groups is 1. The summed E-state index contributed by atoms with van der Waals surface area (Å²) in [5.74, 6) is -0.430. The molecule has 0 bridgehead atoms. The molecule has 2 heterocycles. The molecule has 1 saturated heterocycles. The van der Waals surface area contributed by atoms with Gasteiger partial charge in [0.2, 0.25) is 0 Å². The first-order chi connectivity index (χ1) is 11.6. The molecule has 126 valence electrons. The predicted octanol–water partition coefficient (Wildman–Crippen LogP) is 2.66. The van der Waals surface area contributed by atoms with Gasteiger partial charge in [-0.25, -0.2) is 4.79 Å². The number of carbonyl (C=O) groups excluding carboxylic acids is 1. The SMILES string of the molecule is COC(=O)c1ccc(-n2ncc(N3CCCCC3)c(Cl)c2=O)cc1. The highest BCUT2D eigenvalue weighted by atomic mass is 35.5. The maximum atomic E-state index is 12.6. The Balaban J connectivity index is 1.93. The quantitative estimate of drug-likeness (QED) is 0.799. The fourth-order valence-corrected chi connectivity index (χ4v) is 3.07. The van der Waals surface area contributed by atoms with Crippen LogP contribution >= 0.6 is 11.6 Å². The van der Waals surface area contributed by atoms with Crippen LogP contribution in [0.25, 0.3) is 5.69 Å². The molecule has 0 spiro atoms. The first kappa shape index (κ1) is 16.5. The molecule has 1 aromatic carbocycles. The van der Waals surface area contributed by atoms with Crippen LogP contribution in [0.1, 0.15) is 29.6 Å². The number of ether oxygens (including phenoxy) is 1. The van der Waals surface area contributed by atoms with Gasteiger partial charge in [-0.1, -0.05) is 11.6 Å². The van der Waals surface area contributed by atoms with E-state index in [-0.39, 0.29) is 10.6 Å². The molecule has 1 aliphatic rings. The number of hydrogen-bond donors (Lipinski definition) is 0. The lowest BCUT2D eigenvalue weighted by Crippen LogP contribution is -2.32. The van der Waals surface area contributed by atoms with E-state index in [2.05, 4.69) is 14.7 Å². The number of halogens is 1. The second-order valence-corrected chi connectivity index (χ2v) is 6.02. The Labute approximate surface area is 144 Å². The van der Waals surface area contributed by atoms with E-state index in [1.165, 1.54) is 18.2 Å². The standard InChI is InChI=1S/C17H18ClN3O3/c1-24-17(23)12-5-7-13(8-6-12)21-16(22)15(18)14(11-19-21)20-9-3-2-4-10-20/h5-8,11H,2-4,9-10H2,1H3. The molecule has 0 atom stereocenters. The highest BCUT2D eigenvalue weighted by Crippen LogP contribution is 2.25. The minimum atomic E-state index is -0.430. The molecule has 0 amide bonds. The van der Waals surface area contributed by atoms with Gasteiger partial charge in [0.15, 0.2) is 0 Å². The number of methoxy groups -OCH3 is 1. The summed E-state index contributed by atoms with van der Waals surface area (Å²) in [6.07, 6.45) is 5.01. The van der Waals surface area contributed by atoms with Crippen LogP contribution in [0.4, 0.5) is 5.69 Å². The summed E-state index contributed by atoms with van der Waals surface area (Å²) in [6.45, 7) is 1.78. The summed E-state index contributed by atoms with van der Waals surface area (Å²) in [4.78, 5) is 26.1. The number of piperidine rings is 1. The molecule has 0 saturated carbocycles. The van der Waals surface area contributed by atoms with Crippen molar-refractivity contribution in [2.75, 3.05) is 25.1 Å². The van der Waals surface area contributed by atoms with Gasteiger partial charge in [0.05, 0.1) is 30.2 Å². The minimum Gasteiger partial charge on any atom is -0.465 e. The fraction of sp³-hybridized carbons (Fsp3) is 0.353. The lowest BCUT2D eigenvalue weighted by Gasteiger charge is -2.29. The zero-order valence-corrected chi connectivity index (χ0v) is 14.1. The summed E-state index contributed by atoms with van der Waals surface area (Å²) in [7, 11) is 1.32. The highest BCUT2D eigenvalue weighted by molar-refractivity contribution is 6.33. The third-order valence-electron chi connectivity index (χ3n) is 4.13. The van der Waals surface area contributed by atoms with Gasteiger partial charge in [-0.3, -0.25) is 4.79 Å². The Kier molecular flexibility index (Phi) is 4.85. The number of hydrogen-bond acceptors (Lipinski definition) is 5. The van der Waals surface area contributed by atoms with Gasteiger partial charge in [-0.05, 0) is 43.5 Å². The van der Waals surface area contributed by atoms with Gasteiger partial charge in [0, 0.05) is 13.1 Å². The van der Waals surface area contributed by atoms with Crippen LogP contribution in [-0.4, -0.2) is 35.9 Å². The van der Waals surface area contributed by atoms with Crippen molar-refractivity contribution in [2.24, 2.45) is 0 Å². The number of benzene rings is 1. The van der Waals surface area contributed by atoms with E-state index >= 15 is 0 Å². The molecule has 2 aromatic rings. The molecule has 1 fully saturated rings. The topological polar surface area (TPSA) is 64.4 Å². The third-order valence-corrected chi connectivity index (χ3v) is 4.49. The Bertz CT molecular complexity index is 796. The van der Waals surface area contributed by atoms with Crippen LogP contribution in [0.15, 0.2) is 35.3 Å². The second kappa shape index (κ2) is 7.05. The number of anilines is 1. The highest BCUT2D eigenvalue weighted by Gasteiger charge is 2.18. The Morgan fingerprint density at radius 3 is 2.46 bits per heavy atom. The van der Waals surface area contributed by atoms with Crippen molar-refractivity contribution in [2.45, 2.75) is 19.3 Å². The average molecular weight is 348 g/mol. The summed E-state index contributed by atoms with van der Waals surface area (Å²) in [5.41, 5.74) is 1.26. The van der Waals surface area contributed by atoms with E-state index in [1.807, 2.05) is 0 Å². The van der Waals surface area contributed by atoms with E-state index in [0.717, 1.165) is 25.9 Å². The molecule has 1 aromatic heterocycles. The van der Waals surface area contributed by atoms with Crippen LogP contribution in [0.3, 0.4) is 0 Å². The molecule has 0 radical (unpaired) electrons. The molecule has 0 unspecified atom stereocenters. The smallest absolute Gasteiger partial charge is 0.337 e. The Hall–Kier alpha value is -2.34. The summed E-state index contributed by atoms with van der Waals surface area (Å²) < 4.78 is 5.89. The molecule has 7 heteroatoms. The van der Waals surface area contributed by atoms with Gasteiger partial charge in [-0.2, -0.15) is 9.78 Å². The third kappa shape index (κ3) is 3.14. The van der Waals surface area contributed by atoms with Gasteiger partial charge >= 0.3 is 5.97 Å². The van der Waals surface area contributed by atoms with E-state index < -0.39 is 5.97 Å². The molecule has 6 nitrogen and oxygen atoms in total. The lowest BCUT2D eigenvalue weighted by molar-refractivity contribution is 0.0601. The first-order valence-electron chi connectivity index (χ1n) is 7.83. The molecule has 24 heavy (non-hydrogen) atoms. The summed E-state index contributed by atoms with van der Waals surface area (Å²) >= 11 is 6.30. The van der Waals surface area contributed by atoms with Gasteiger partial charge in [0.25, 0.3) is 5.56 Å². The number of rotatable bonds is 3. The van der Waals surface area contributed by atoms with E-state index in [0.29, 0.717) is 16.9 Å². The number of esters is 1. The van der Waals surface area contributed by atoms with Gasteiger partial charge in [-0.15, -0.1) is 0 Å². The first-order valence-corrected chi connectivity index (χ1v) is 8.21. The summed E-state index contributed by atoms with van der Waals surface area (Å²) in [5, 5.41) is 4.41. The molecular formula is C17H18ClN3O3. The van der Waals surface area contributed by atoms with Crippen LogP contribution in [0.5, 0.6) is 0 Å². The predicted molar refractivity (Wildman–Crippen MR) is 92.2 cm³/mol. The molecule has 3 rings (SSSR count). The lowest BCUT2D eigenvalue weighted by atomic mass is 10.1. The van der Waals surface area contributed by atoms with Crippen molar-refractivity contribution in [3.05, 3.63) is 51.4 Å². The maximum Gasteiger partial charge on any atom is 0.337 e. The fourth-order valence-electron chi connectivity index (χ4n) is 2.82. The monoisotopic (exact) mass is 347 g/mol. The van der Waals surface area contributed by atoms with Gasteiger partial charge < -0.3 is 9.64 Å². The van der Waals surface area contributed by atoms with Crippen molar-refractivity contribution in [1.29, 1.82) is 0 Å². The average Bonchev–Trinajstić information content (AvgIpc) is 2.64. The van der Waals surface area contributed by atoms with Crippen molar-refractivity contribution < 1.29 is 9.53 Å². The van der Waals surface area contributed by atoms with E-state index in [9.17, 15) is 9.59 Å². The van der Waals surface area contributed by atoms with Gasteiger partial charge in [0.1, 0.15) is 5.02 Å². The van der Waals surface area contributed by atoms with Crippen molar-refractivity contribution in [3.8, 4) is 5.69 Å². The van der Waals surface area contributed by atoms with Crippen molar-refractivity contribution in [3.63, 3.8) is 0 Å². The van der Waals surface area contributed by atoms with Crippen LogP contribution < -0.4 is 10.5 Å². The van der Waals surface area contributed by atoms with Crippen LogP contribution in [0.2, 0.25) is 5.02 Å². The minimum absolute atomic E-state index is 0.170. The van der Waals surface area contributed by atoms with E-state index in [4.69, 9.17) is 11.6 Å². The number of nitrogens with zero attached hydrogens (tertiary/aromatic N) is 3. The van der Waals surface area contributed by atoms with Crippen molar-refractivity contribution in [1.82, 2.24) is 9.78 Å². The van der Waals surface area contributed by atoms with Crippen LogP contribution in [0, 0.1) is 0 Å². The molecular weight excluding hydrogens is 330 g/mol. The zero-order chi connectivity index (χ0) is 17.1. The molecule has 0 aliphatic carbocycles. The summed E-state index contributed by atoms with van der Waals surface area (Å²) in [6, 6.07) is 6.44. The zero-order valence-electron chi connectivity index (χ0n) is 13.4. The van der Waals surface area contributed by atoms with Crippen LogP contribution in [-0.2, 0) is 4.74 Å². The normalized spacial score (nSPS) is 14.5. The largest absolute Gasteiger partial charge is 0.465 e. The van der Waals surface area contributed by atoms with Crippen molar-refractivity contribution >= 4 is 23.3 Å². The Morgan fingerprint density at radius 2 is 1.83 bits per heavy atom. The molecule has 1 aliphatic heterocycles. The van der Waals surface area contributed by atoms with E-state index in [1.54, 1.807) is 30.5 Å². The number of aromatic nitrogens is 2. The Morgan fingerprint density at radius 1 is 1.17 bits per heavy atom. The molecule has 0 N–H and O–H groups in total. The maximum absolute atomic E-state index is 12.6.